The molecule has 0 saturated carbocycles. The van der Waals surface area contributed by atoms with Gasteiger partial charge in [0, 0.05) is 48.3 Å². The lowest BCUT2D eigenvalue weighted by Gasteiger charge is -2.33. The molecule has 0 amide bonds. The van der Waals surface area contributed by atoms with Crippen molar-refractivity contribution in [3.05, 3.63) is 113 Å². The van der Waals surface area contributed by atoms with E-state index in [1.807, 2.05) is 61.1 Å². The van der Waals surface area contributed by atoms with Gasteiger partial charge in [-0.1, -0.05) is 60.7 Å². The van der Waals surface area contributed by atoms with Crippen molar-refractivity contribution in [1.82, 2.24) is 14.9 Å². The quantitative estimate of drug-likeness (QED) is 0.393. The molecule has 1 saturated heterocycles. The molecule has 0 radical (unpaired) electrons. The Hall–Kier alpha value is -3.67. The first-order valence-corrected chi connectivity index (χ1v) is 11.8. The molecule has 4 aromatic rings. The van der Waals surface area contributed by atoms with E-state index in [0.717, 1.165) is 75.9 Å². The van der Waals surface area contributed by atoms with Crippen LogP contribution in [0.1, 0.15) is 52.9 Å². The molecule has 1 aliphatic carbocycles. The lowest BCUT2D eigenvalue weighted by molar-refractivity contribution is 0.0176. The number of aliphatic hydroxyl groups excluding tert-OH is 2. The summed E-state index contributed by atoms with van der Waals surface area (Å²) in [6.45, 7) is 6.11. The summed E-state index contributed by atoms with van der Waals surface area (Å²) in [6, 6.07) is 17.9. The van der Waals surface area contributed by atoms with E-state index in [-0.39, 0.29) is 0 Å². The Morgan fingerprint density at radius 3 is 2.15 bits per heavy atom. The highest BCUT2D eigenvalue weighted by atomic mass is 16.3. The number of aliphatic hydroxyl groups is 2. The molecule has 170 valence electrons. The second-order valence-electron chi connectivity index (χ2n) is 9.11. The summed E-state index contributed by atoms with van der Waals surface area (Å²) in [5.74, 6) is 0. The molecule has 5 heteroatoms. The van der Waals surface area contributed by atoms with Crippen LogP contribution in [0.5, 0.6) is 0 Å². The Balaban J connectivity index is 1.38. The number of nitrogens with zero attached hydrogens (tertiary/aromatic N) is 2. The summed E-state index contributed by atoms with van der Waals surface area (Å²) >= 11 is 0. The van der Waals surface area contributed by atoms with Gasteiger partial charge in [0.25, 0.3) is 0 Å². The lowest BCUT2D eigenvalue weighted by Crippen LogP contribution is -2.29. The zero-order valence-corrected chi connectivity index (χ0v) is 18.9. The number of hydrogen-bond donors (Lipinski definition) is 3. The van der Waals surface area contributed by atoms with E-state index >= 15 is 0 Å². The summed E-state index contributed by atoms with van der Waals surface area (Å²) in [5, 5.41) is 23.0. The molecule has 2 aliphatic rings. The molecule has 0 bridgehead atoms. The van der Waals surface area contributed by atoms with Crippen LogP contribution in [-0.4, -0.2) is 38.2 Å². The third kappa shape index (κ3) is 3.28. The average molecular weight is 450 g/mol. The van der Waals surface area contributed by atoms with Gasteiger partial charge in [-0.25, -0.2) is 0 Å². The molecular weight excluding hydrogens is 422 g/mol. The van der Waals surface area contributed by atoms with Gasteiger partial charge in [0.15, 0.2) is 0 Å². The van der Waals surface area contributed by atoms with Gasteiger partial charge in [0.1, 0.15) is 12.2 Å². The van der Waals surface area contributed by atoms with Crippen molar-refractivity contribution in [2.24, 2.45) is 0 Å². The van der Waals surface area contributed by atoms with Gasteiger partial charge in [-0.3, -0.25) is 4.98 Å². The summed E-state index contributed by atoms with van der Waals surface area (Å²) in [5.41, 5.74) is 9.19. The van der Waals surface area contributed by atoms with Crippen LogP contribution in [0.2, 0.25) is 0 Å². The van der Waals surface area contributed by atoms with Crippen LogP contribution >= 0.6 is 0 Å². The van der Waals surface area contributed by atoms with Gasteiger partial charge in [0.2, 0.25) is 0 Å². The number of piperidine rings is 1. The second kappa shape index (κ2) is 8.28. The fourth-order valence-electron chi connectivity index (χ4n) is 5.50. The minimum atomic E-state index is -0.955. The van der Waals surface area contributed by atoms with Crippen LogP contribution < -0.4 is 0 Å². The number of hydrogen-bond acceptors (Lipinski definition) is 4. The predicted molar refractivity (Wildman–Crippen MR) is 135 cm³/mol. The molecule has 2 aromatic carbocycles. The van der Waals surface area contributed by atoms with Crippen molar-refractivity contribution in [2.45, 2.75) is 25.0 Å². The first-order valence-electron chi connectivity index (χ1n) is 11.8. The number of aromatic nitrogens is 2. The Morgan fingerprint density at radius 2 is 1.50 bits per heavy atom. The van der Waals surface area contributed by atoms with E-state index < -0.39 is 12.2 Å². The third-order valence-corrected chi connectivity index (χ3v) is 7.28. The highest BCUT2D eigenvalue weighted by Gasteiger charge is 2.32. The van der Waals surface area contributed by atoms with Gasteiger partial charge < -0.3 is 20.1 Å². The lowest BCUT2D eigenvalue weighted by atomic mass is 9.86. The van der Waals surface area contributed by atoms with Crippen LogP contribution in [0.4, 0.5) is 0 Å². The molecule has 5 nitrogen and oxygen atoms in total. The van der Waals surface area contributed by atoms with E-state index in [1.165, 1.54) is 5.57 Å². The summed E-state index contributed by atoms with van der Waals surface area (Å²) < 4.78 is 0. The molecule has 2 atom stereocenters. The number of pyridine rings is 1. The van der Waals surface area contributed by atoms with Crippen molar-refractivity contribution < 1.29 is 10.2 Å². The maximum absolute atomic E-state index is 11.0. The zero-order chi connectivity index (χ0) is 23.2. The molecule has 2 aromatic heterocycles. The SMILES string of the molecule is C=C(c1cncc2cc[nH]c12)N1CCC(=C2c3ccccc3C(O)C(O)c3ccccc32)CC1. The summed E-state index contributed by atoms with van der Waals surface area (Å²) in [6.07, 6.45) is 5.55. The molecule has 0 spiro atoms. The molecule has 2 unspecified atom stereocenters. The van der Waals surface area contributed by atoms with Crippen molar-refractivity contribution in [3.8, 4) is 0 Å². The maximum Gasteiger partial charge on any atom is 0.110 e. The van der Waals surface area contributed by atoms with Gasteiger partial charge in [-0.15, -0.1) is 0 Å². The maximum atomic E-state index is 11.0. The standard InChI is InChI=1S/C29H27N3O2/c1-18(25-17-30-16-20-10-13-31-27(20)25)32-14-11-19(12-15-32)26-21-6-2-4-8-23(21)28(33)29(34)24-9-5-3-7-22(24)26/h2-10,13,16-17,28-29,31,33-34H,1,11-12,14-15H2. The number of fused-ring (bicyclic) bond motifs is 3. The van der Waals surface area contributed by atoms with Gasteiger partial charge in [-0.2, -0.15) is 0 Å². The number of nitrogens with one attached hydrogen (secondary N) is 1. The van der Waals surface area contributed by atoms with Gasteiger partial charge >= 0.3 is 0 Å². The number of benzene rings is 2. The Morgan fingerprint density at radius 1 is 0.882 bits per heavy atom. The normalized spacial score (nSPS) is 20.1. The average Bonchev–Trinajstić information content (AvgIpc) is 3.35. The van der Waals surface area contributed by atoms with Crippen LogP contribution in [0.3, 0.4) is 0 Å². The molecule has 1 fully saturated rings. The minimum absolute atomic E-state index is 0.782. The van der Waals surface area contributed by atoms with E-state index in [0.29, 0.717) is 0 Å². The summed E-state index contributed by atoms with van der Waals surface area (Å²) in [7, 11) is 0. The Kier molecular flexibility index (Phi) is 5.09. The molecular formula is C29H27N3O2. The highest BCUT2D eigenvalue weighted by Crippen LogP contribution is 2.45. The highest BCUT2D eigenvalue weighted by molar-refractivity contribution is 5.90. The minimum Gasteiger partial charge on any atom is -0.385 e. The van der Waals surface area contributed by atoms with Crippen LogP contribution in [0, 0.1) is 0 Å². The number of likely N-dealkylation sites (tertiary alicyclic amines) is 1. The molecule has 3 N–H and O–H groups in total. The van der Waals surface area contributed by atoms with Gasteiger partial charge in [-0.05, 0) is 46.7 Å². The van der Waals surface area contributed by atoms with Crippen molar-refractivity contribution in [2.75, 3.05) is 13.1 Å². The van der Waals surface area contributed by atoms with Gasteiger partial charge in [0.05, 0.1) is 5.52 Å². The topological polar surface area (TPSA) is 72.4 Å². The Labute approximate surface area is 198 Å². The van der Waals surface area contributed by atoms with E-state index in [1.54, 1.807) is 0 Å². The summed E-state index contributed by atoms with van der Waals surface area (Å²) in [4.78, 5) is 10.1. The largest absolute Gasteiger partial charge is 0.385 e. The molecule has 6 rings (SSSR count). The van der Waals surface area contributed by atoms with Crippen LogP contribution in [-0.2, 0) is 0 Å². The van der Waals surface area contributed by atoms with Crippen molar-refractivity contribution in [3.63, 3.8) is 0 Å². The molecule has 3 heterocycles. The number of rotatable bonds is 2. The molecule has 1 aliphatic heterocycles. The first-order chi connectivity index (χ1) is 16.6. The fourth-order valence-corrected chi connectivity index (χ4v) is 5.50. The van der Waals surface area contributed by atoms with Crippen LogP contribution in [0.15, 0.2) is 85.3 Å². The van der Waals surface area contributed by atoms with E-state index in [2.05, 4.69) is 33.6 Å². The number of H-pyrrole nitrogens is 1. The van der Waals surface area contributed by atoms with E-state index in [4.69, 9.17) is 0 Å². The third-order valence-electron chi connectivity index (χ3n) is 7.28. The smallest absolute Gasteiger partial charge is 0.110 e. The first kappa shape index (κ1) is 20.9. The van der Waals surface area contributed by atoms with Crippen molar-refractivity contribution >= 4 is 22.2 Å². The monoisotopic (exact) mass is 449 g/mol. The van der Waals surface area contributed by atoms with Crippen molar-refractivity contribution in [1.29, 1.82) is 0 Å². The Bertz CT molecular complexity index is 1370. The van der Waals surface area contributed by atoms with Crippen LogP contribution in [0.25, 0.3) is 22.2 Å². The zero-order valence-electron chi connectivity index (χ0n) is 18.9. The van der Waals surface area contributed by atoms with E-state index in [9.17, 15) is 10.2 Å². The second-order valence-corrected chi connectivity index (χ2v) is 9.11. The fraction of sp³-hybridized carbons (Fsp3) is 0.207. The molecule has 34 heavy (non-hydrogen) atoms. The number of aromatic amines is 1. The predicted octanol–water partition coefficient (Wildman–Crippen LogP) is 5.21.